The Labute approximate surface area is 137 Å². The van der Waals surface area contributed by atoms with Crippen LogP contribution in [0.15, 0.2) is 40.2 Å². The van der Waals surface area contributed by atoms with Gasteiger partial charge in [0.15, 0.2) is 0 Å². The highest BCUT2D eigenvalue weighted by molar-refractivity contribution is 9.10. The zero-order valence-corrected chi connectivity index (χ0v) is 14.6. The quantitative estimate of drug-likeness (QED) is 0.835. The number of carbonyl (C=O) groups is 1. The standard InChI is InChI=1S/C16H18BrNO2S/c1-10(2)15(14-5-4-8-21-14)18-16(19)12-7-6-11(17)9-13(12)20-3/h4-10,15H,1-3H3,(H,18,19). The Kier molecular flexibility index (Phi) is 5.42. The topological polar surface area (TPSA) is 38.3 Å². The highest BCUT2D eigenvalue weighted by atomic mass is 79.9. The van der Waals surface area contributed by atoms with Crippen LogP contribution in [-0.4, -0.2) is 13.0 Å². The fraction of sp³-hybridized carbons (Fsp3) is 0.312. The summed E-state index contributed by atoms with van der Waals surface area (Å²) in [5, 5.41) is 5.13. The van der Waals surface area contributed by atoms with Gasteiger partial charge in [-0.1, -0.05) is 35.8 Å². The second-order valence-corrected chi connectivity index (χ2v) is 6.95. The first kappa shape index (κ1) is 16.0. The first-order chi connectivity index (χ1) is 10.0. The van der Waals surface area contributed by atoms with Crippen molar-refractivity contribution in [2.75, 3.05) is 7.11 Å². The minimum atomic E-state index is -0.119. The molecule has 1 aromatic heterocycles. The van der Waals surface area contributed by atoms with E-state index in [0.717, 1.165) is 9.35 Å². The van der Waals surface area contributed by atoms with Crippen molar-refractivity contribution in [3.05, 3.63) is 50.6 Å². The zero-order chi connectivity index (χ0) is 15.4. The largest absolute Gasteiger partial charge is 0.496 e. The summed E-state index contributed by atoms with van der Waals surface area (Å²) < 4.78 is 6.18. The molecule has 0 bridgehead atoms. The van der Waals surface area contributed by atoms with E-state index in [2.05, 4.69) is 41.2 Å². The van der Waals surface area contributed by atoms with Crippen molar-refractivity contribution in [3.63, 3.8) is 0 Å². The first-order valence-electron chi connectivity index (χ1n) is 6.70. The molecule has 112 valence electrons. The van der Waals surface area contributed by atoms with Crippen molar-refractivity contribution < 1.29 is 9.53 Å². The number of halogens is 1. The van der Waals surface area contributed by atoms with Gasteiger partial charge in [0.2, 0.25) is 0 Å². The molecule has 2 rings (SSSR count). The van der Waals surface area contributed by atoms with Crippen LogP contribution in [0.25, 0.3) is 0 Å². The van der Waals surface area contributed by atoms with E-state index in [1.165, 1.54) is 0 Å². The van der Waals surface area contributed by atoms with Gasteiger partial charge < -0.3 is 10.1 Å². The van der Waals surface area contributed by atoms with Gasteiger partial charge >= 0.3 is 0 Å². The lowest BCUT2D eigenvalue weighted by Crippen LogP contribution is -2.31. The van der Waals surface area contributed by atoms with E-state index in [1.54, 1.807) is 30.6 Å². The Hall–Kier alpha value is -1.33. The van der Waals surface area contributed by atoms with Gasteiger partial charge in [0.1, 0.15) is 5.75 Å². The Morgan fingerprint density at radius 3 is 2.67 bits per heavy atom. The number of rotatable bonds is 5. The smallest absolute Gasteiger partial charge is 0.255 e. The van der Waals surface area contributed by atoms with Crippen LogP contribution in [0.1, 0.15) is 35.1 Å². The van der Waals surface area contributed by atoms with Gasteiger partial charge in [0.05, 0.1) is 18.7 Å². The Morgan fingerprint density at radius 2 is 2.10 bits per heavy atom. The minimum Gasteiger partial charge on any atom is -0.496 e. The first-order valence-corrected chi connectivity index (χ1v) is 8.38. The SMILES string of the molecule is COc1cc(Br)ccc1C(=O)NC(c1cccs1)C(C)C. The van der Waals surface area contributed by atoms with Crippen molar-refractivity contribution >= 4 is 33.2 Å². The number of methoxy groups -OCH3 is 1. The molecule has 2 aromatic rings. The molecule has 1 N–H and O–H groups in total. The lowest BCUT2D eigenvalue weighted by molar-refractivity contribution is 0.0923. The van der Waals surface area contributed by atoms with Crippen LogP contribution in [0.5, 0.6) is 5.75 Å². The average Bonchev–Trinajstić information content (AvgIpc) is 2.97. The summed E-state index contributed by atoms with van der Waals surface area (Å²) in [5.41, 5.74) is 0.544. The third kappa shape index (κ3) is 3.86. The normalized spacial score (nSPS) is 12.2. The monoisotopic (exact) mass is 367 g/mol. The third-order valence-electron chi connectivity index (χ3n) is 3.21. The number of amides is 1. The molecule has 0 fully saturated rings. The highest BCUT2D eigenvalue weighted by Gasteiger charge is 2.21. The molecule has 5 heteroatoms. The van der Waals surface area contributed by atoms with Crippen molar-refractivity contribution in [1.29, 1.82) is 0 Å². The predicted molar refractivity (Wildman–Crippen MR) is 90.1 cm³/mol. The maximum absolute atomic E-state index is 12.5. The Bertz CT molecular complexity index is 611. The van der Waals surface area contributed by atoms with Crippen molar-refractivity contribution in [3.8, 4) is 5.75 Å². The molecule has 0 aliphatic carbocycles. The van der Waals surface area contributed by atoms with E-state index in [4.69, 9.17) is 4.74 Å². The maximum Gasteiger partial charge on any atom is 0.255 e. The van der Waals surface area contributed by atoms with Gasteiger partial charge in [0, 0.05) is 9.35 Å². The molecule has 0 spiro atoms. The van der Waals surface area contributed by atoms with Crippen LogP contribution < -0.4 is 10.1 Å². The molecular weight excluding hydrogens is 350 g/mol. The fourth-order valence-electron chi connectivity index (χ4n) is 2.11. The molecule has 1 unspecified atom stereocenters. The summed E-state index contributed by atoms with van der Waals surface area (Å²) in [6.45, 7) is 4.20. The number of hydrogen-bond donors (Lipinski definition) is 1. The van der Waals surface area contributed by atoms with Crippen molar-refractivity contribution in [2.24, 2.45) is 5.92 Å². The van der Waals surface area contributed by atoms with Crippen LogP contribution in [0.4, 0.5) is 0 Å². The Balaban J connectivity index is 2.24. The van der Waals surface area contributed by atoms with Gasteiger partial charge in [0.25, 0.3) is 5.91 Å². The molecular formula is C16H18BrNO2S. The molecule has 21 heavy (non-hydrogen) atoms. The molecule has 1 aromatic carbocycles. The average molecular weight is 368 g/mol. The van der Waals surface area contributed by atoms with E-state index < -0.39 is 0 Å². The van der Waals surface area contributed by atoms with Gasteiger partial charge in [-0.2, -0.15) is 0 Å². The second-order valence-electron chi connectivity index (χ2n) is 5.06. The molecule has 0 saturated heterocycles. The highest BCUT2D eigenvalue weighted by Crippen LogP contribution is 2.28. The van der Waals surface area contributed by atoms with Crippen LogP contribution >= 0.6 is 27.3 Å². The van der Waals surface area contributed by atoms with Crippen LogP contribution in [-0.2, 0) is 0 Å². The number of thiophene rings is 1. The molecule has 0 aliphatic rings. The lowest BCUT2D eigenvalue weighted by Gasteiger charge is -2.22. The summed E-state index contributed by atoms with van der Waals surface area (Å²) in [6.07, 6.45) is 0. The summed E-state index contributed by atoms with van der Waals surface area (Å²) in [7, 11) is 1.57. The molecule has 1 heterocycles. The summed E-state index contributed by atoms with van der Waals surface area (Å²) >= 11 is 5.04. The summed E-state index contributed by atoms with van der Waals surface area (Å²) in [6, 6.07) is 9.46. The minimum absolute atomic E-state index is 0.00542. The predicted octanol–water partition coefficient (Wildman–Crippen LogP) is 4.65. The molecule has 1 amide bonds. The summed E-state index contributed by atoms with van der Waals surface area (Å²) in [5.74, 6) is 0.760. The van der Waals surface area contributed by atoms with E-state index >= 15 is 0 Å². The van der Waals surface area contributed by atoms with E-state index in [1.807, 2.05) is 17.5 Å². The van der Waals surface area contributed by atoms with Gasteiger partial charge in [-0.15, -0.1) is 11.3 Å². The number of nitrogens with one attached hydrogen (secondary N) is 1. The maximum atomic E-state index is 12.5. The number of ether oxygens (including phenoxy) is 1. The van der Waals surface area contributed by atoms with Gasteiger partial charge in [-0.3, -0.25) is 4.79 Å². The second kappa shape index (κ2) is 7.09. The molecule has 1 atom stereocenters. The van der Waals surface area contributed by atoms with Crippen LogP contribution in [0.3, 0.4) is 0 Å². The molecule has 3 nitrogen and oxygen atoms in total. The van der Waals surface area contributed by atoms with Gasteiger partial charge in [-0.25, -0.2) is 0 Å². The third-order valence-corrected chi connectivity index (χ3v) is 4.66. The van der Waals surface area contributed by atoms with E-state index in [-0.39, 0.29) is 11.9 Å². The number of hydrogen-bond acceptors (Lipinski definition) is 3. The number of carbonyl (C=O) groups excluding carboxylic acids is 1. The number of benzene rings is 1. The van der Waals surface area contributed by atoms with Crippen molar-refractivity contribution in [1.82, 2.24) is 5.32 Å². The molecule has 0 saturated carbocycles. The lowest BCUT2D eigenvalue weighted by atomic mass is 10.0. The van der Waals surface area contributed by atoms with E-state index in [9.17, 15) is 4.79 Å². The molecule has 0 aliphatic heterocycles. The van der Waals surface area contributed by atoms with Crippen LogP contribution in [0.2, 0.25) is 0 Å². The van der Waals surface area contributed by atoms with Crippen LogP contribution in [0, 0.1) is 5.92 Å². The Morgan fingerprint density at radius 1 is 1.33 bits per heavy atom. The molecule has 0 radical (unpaired) electrons. The van der Waals surface area contributed by atoms with Crippen molar-refractivity contribution in [2.45, 2.75) is 19.9 Å². The fourth-order valence-corrected chi connectivity index (χ4v) is 3.40. The van der Waals surface area contributed by atoms with Gasteiger partial charge in [-0.05, 0) is 35.6 Å². The summed E-state index contributed by atoms with van der Waals surface area (Å²) in [4.78, 5) is 13.7. The zero-order valence-electron chi connectivity index (χ0n) is 12.2. The van der Waals surface area contributed by atoms with E-state index in [0.29, 0.717) is 17.2 Å².